The van der Waals surface area contributed by atoms with E-state index in [2.05, 4.69) is 12.0 Å². The lowest BCUT2D eigenvalue weighted by atomic mass is 10.2. The van der Waals surface area contributed by atoms with E-state index in [4.69, 9.17) is 10.9 Å². The summed E-state index contributed by atoms with van der Waals surface area (Å²) in [7, 11) is 0. The molecule has 0 fully saturated rings. The van der Waals surface area contributed by atoms with Crippen molar-refractivity contribution in [2.24, 2.45) is 5.84 Å². The first-order chi connectivity index (χ1) is 5.11. The van der Waals surface area contributed by atoms with Crippen LogP contribution < -0.4 is 11.3 Å². The fourth-order valence-corrected chi connectivity index (χ4v) is 0.471. The van der Waals surface area contributed by atoms with Gasteiger partial charge in [0, 0.05) is 0 Å². The number of nitrogens with two attached hydrogens (primary N) is 1. The zero-order chi connectivity index (χ0) is 8.85. The molecule has 4 N–H and O–H groups in total. The summed E-state index contributed by atoms with van der Waals surface area (Å²) >= 11 is 0. The third-order valence-electron chi connectivity index (χ3n) is 1.19. The van der Waals surface area contributed by atoms with Crippen LogP contribution in [0.5, 0.6) is 0 Å². The first kappa shape index (κ1) is 9.71. The van der Waals surface area contributed by atoms with E-state index in [1.807, 2.05) is 6.92 Å². The molecule has 62 valence electrons. The molecule has 0 spiro atoms. The van der Waals surface area contributed by atoms with Gasteiger partial charge in [-0.15, -0.1) is 0 Å². The Morgan fingerprint density at radius 3 is 2.64 bits per heavy atom. The van der Waals surface area contributed by atoms with Gasteiger partial charge in [0.25, 0.3) is 0 Å². The maximum atomic E-state index is 10.3. The van der Waals surface area contributed by atoms with Gasteiger partial charge in [-0.2, -0.15) is 0 Å². The van der Waals surface area contributed by atoms with Gasteiger partial charge in [0.05, 0.1) is 0 Å². The minimum absolute atomic E-state index is 0.0446. The quantitative estimate of drug-likeness (QED) is 0.238. The van der Waals surface area contributed by atoms with Crippen molar-refractivity contribution in [2.75, 3.05) is 0 Å². The molecule has 4 heteroatoms. The molecule has 0 saturated heterocycles. The first-order valence-electron chi connectivity index (χ1n) is 3.21. The van der Waals surface area contributed by atoms with Gasteiger partial charge >= 0.3 is 5.97 Å². The molecular formula is C7H12N2O2. The topological polar surface area (TPSA) is 75.3 Å². The molecule has 0 aromatic carbocycles. The molecule has 0 bridgehead atoms. The van der Waals surface area contributed by atoms with E-state index in [0.29, 0.717) is 6.42 Å². The highest BCUT2D eigenvalue weighted by atomic mass is 16.4. The largest absolute Gasteiger partial charge is 0.477 e. The van der Waals surface area contributed by atoms with Crippen LogP contribution in [0.15, 0.2) is 23.9 Å². The predicted molar refractivity (Wildman–Crippen MR) is 42.5 cm³/mol. The summed E-state index contributed by atoms with van der Waals surface area (Å²) in [5, 5.41) is 8.47. The molecule has 0 amide bonds. The van der Waals surface area contributed by atoms with E-state index < -0.39 is 5.97 Å². The number of nitrogens with one attached hydrogen (secondary N) is 1. The molecule has 0 aromatic rings. The van der Waals surface area contributed by atoms with Gasteiger partial charge in [-0.05, 0) is 12.5 Å². The standard InChI is InChI=1S/C7H12N2O2/c1-3-5(2)4-6(9-8)7(10)11/h4,9H,2-3,8H2,1H3,(H,10,11)/b6-4-. The van der Waals surface area contributed by atoms with E-state index in [9.17, 15) is 4.79 Å². The molecule has 0 atom stereocenters. The normalized spacial score (nSPS) is 10.9. The fourth-order valence-electron chi connectivity index (χ4n) is 0.471. The Balaban J connectivity index is 4.35. The number of allylic oxidation sites excluding steroid dienone is 2. The van der Waals surface area contributed by atoms with Gasteiger partial charge in [-0.1, -0.05) is 19.1 Å². The second-order valence-electron chi connectivity index (χ2n) is 2.02. The molecular weight excluding hydrogens is 144 g/mol. The van der Waals surface area contributed by atoms with Gasteiger partial charge in [-0.3, -0.25) is 5.84 Å². The van der Waals surface area contributed by atoms with Gasteiger partial charge in [-0.25, -0.2) is 4.79 Å². The van der Waals surface area contributed by atoms with Crippen LogP contribution in [-0.2, 0) is 4.79 Å². The highest BCUT2D eigenvalue weighted by Gasteiger charge is 2.03. The number of hydrogen-bond acceptors (Lipinski definition) is 3. The maximum absolute atomic E-state index is 10.3. The summed E-state index contributed by atoms with van der Waals surface area (Å²) in [6.07, 6.45) is 2.11. The van der Waals surface area contributed by atoms with Gasteiger partial charge in [0.15, 0.2) is 0 Å². The molecule has 4 nitrogen and oxygen atoms in total. The Morgan fingerprint density at radius 1 is 1.82 bits per heavy atom. The van der Waals surface area contributed by atoms with E-state index >= 15 is 0 Å². The van der Waals surface area contributed by atoms with Crippen molar-refractivity contribution in [1.82, 2.24) is 5.43 Å². The van der Waals surface area contributed by atoms with E-state index in [1.54, 1.807) is 0 Å². The number of rotatable bonds is 4. The third kappa shape index (κ3) is 3.42. The lowest BCUT2D eigenvalue weighted by Crippen LogP contribution is -2.26. The molecule has 11 heavy (non-hydrogen) atoms. The van der Waals surface area contributed by atoms with Gasteiger partial charge in [0.1, 0.15) is 5.70 Å². The molecule has 0 aliphatic carbocycles. The van der Waals surface area contributed by atoms with Crippen molar-refractivity contribution in [2.45, 2.75) is 13.3 Å². The summed E-state index contributed by atoms with van der Waals surface area (Å²) in [5.41, 5.74) is 2.75. The number of carboxylic acids is 1. The third-order valence-corrected chi connectivity index (χ3v) is 1.19. The van der Waals surface area contributed by atoms with Crippen molar-refractivity contribution in [3.63, 3.8) is 0 Å². The summed E-state index contributed by atoms with van der Waals surface area (Å²) in [6.45, 7) is 5.49. The van der Waals surface area contributed by atoms with Crippen LogP contribution in [0.25, 0.3) is 0 Å². The van der Waals surface area contributed by atoms with Gasteiger partial charge in [0.2, 0.25) is 0 Å². The Bertz CT molecular complexity index is 197. The SMILES string of the molecule is C=C(/C=C(\NN)C(=O)O)CC. The van der Waals surface area contributed by atoms with E-state index in [-0.39, 0.29) is 5.70 Å². The Kier molecular flexibility index (Phi) is 3.98. The second-order valence-corrected chi connectivity index (χ2v) is 2.02. The Morgan fingerprint density at radius 2 is 2.36 bits per heavy atom. The molecule has 0 aliphatic rings. The monoisotopic (exact) mass is 156 g/mol. The molecule has 0 heterocycles. The van der Waals surface area contributed by atoms with E-state index in [0.717, 1.165) is 5.57 Å². The van der Waals surface area contributed by atoms with Crippen molar-refractivity contribution in [3.05, 3.63) is 23.9 Å². The number of aliphatic carboxylic acids is 1. The Hall–Kier alpha value is -1.29. The molecule has 0 unspecified atom stereocenters. The van der Waals surface area contributed by atoms with E-state index in [1.165, 1.54) is 6.08 Å². The van der Waals surface area contributed by atoms with Gasteiger partial charge < -0.3 is 10.5 Å². The molecule has 0 aromatic heterocycles. The van der Waals surface area contributed by atoms with Crippen LogP contribution >= 0.6 is 0 Å². The van der Waals surface area contributed by atoms with Crippen LogP contribution in [0.4, 0.5) is 0 Å². The minimum Gasteiger partial charge on any atom is -0.477 e. The maximum Gasteiger partial charge on any atom is 0.353 e. The number of hydrazine groups is 1. The summed E-state index contributed by atoms with van der Waals surface area (Å²) in [6, 6.07) is 0. The molecule has 0 rings (SSSR count). The molecule has 0 radical (unpaired) electrons. The van der Waals surface area contributed by atoms with Crippen LogP contribution in [0.2, 0.25) is 0 Å². The summed E-state index contributed by atoms with van der Waals surface area (Å²) in [4.78, 5) is 10.3. The number of hydrogen-bond donors (Lipinski definition) is 3. The molecule has 0 saturated carbocycles. The summed E-state index contributed by atoms with van der Waals surface area (Å²) in [5.74, 6) is 3.86. The van der Waals surface area contributed by atoms with Crippen molar-refractivity contribution < 1.29 is 9.90 Å². The average Bonchev–Trinajstić information content (AvgIpc) is 1.99. The fraction of sp³-hybridized carbons (Fsp3) is 0.286. The Labute approximate surface area is 65.4 Å². The second kappa shape index (κ2) is 4.51. The summed E-state index contributed by atoms with van der Waals surface area (Å²) < 4.78 is 0. The van der Waals surface area contributed by atoms with Crippen molar-refractivity contribution in [1.29, 1.82) is 0 Å². The zero-order valence-electron chi connectivity index (χ0n) is 6.42. The average molecular weight is 156 g/mol. The predicted octanol–water partition coefficient (Wildman–Crippen LogP) is 0.384. The number of carbonyl (C=O) groups is 1. The van der Waals surface area contributed by atoms with Crippen LogP contribution in [-0.4, -0.2) is 11.1 Å². The highest BCUT2D eigenvalue weighted by molar-refractivity contribution is 5.86. The van der Waals surface area contributed by atoms with Crippen LogP contribution in [0, 0.1) is 0 Å². The highest BCUT2D eigenvalue weighted by Crippen LogP contribution is 2.01. The smallest absolute Gasteiger partial charge is 0.353 e. The molecule has 0 aliphatic heterocycles. The zero-order valence-corrected chi connectivity index (χ0v) is 6.42. The minimum atomic E-state index is -1.08. The number of carboxylic acid groups (broad SMARTS) is 1. The lowest BCUT2D eigenvalue weighted by Gasteiger charge is -2.00. The van der Waals surface area contributed by atoms with Crippen LogP contribution in [0.1, 0.15) is 13.3 Å². The van der Waals surface area contributed by atoms with Crippen LogP contribution in [0.3, 0.4) is 0 Å². The lowest BCUT2D eigenvalue weighted by molar-refractivity contribution is -0.133. The first-order valence-corrected chi connectivity index (χ1v) is 3.21. The van der Waals surface area contributed by atoms with Crippen molar-refractivity contribution >= 4 is 5.97 Å². The van der Waals surface area contributed by atoms with Crippen molar-refractivity contribution in [3.8, 4) is 0 Å².